The van der Waals surface area contributed by atoms with Crippen LogP contribution in [0.4, 0.5) is 0 Å². The van der Waals surface area contributed by atoms with Gasteiger partial charge in [-0.3, -0.25) is 0 Å². The molecule has 86 heavy (non-hydrogen) atoms. The Balaban J connectivity index is 0.000000115. The minimum Gasteiger partial charge on any atom is -0.353 e. The molecule has 0 unspecified atom stereocenters. The van der Waals surface area contributed by atoms with E-state index in [1.807, 2.05) is 0 Å². The Bertz CT molecular complexity index is 5380. The summed E-state index contributed by atoms with van der Waals surface area (Å²) in [6, 6.07) is 93.1. The fourth-order valence-corrected chi connectivity index (χ4v) is 15.2. The molecule has 0 amide bonds. The standard InChI is InChI=1S/C39H27N.C24H15N.C15H13Br.C5H12/c1-39(2)34-18-10-9-15-29(34)30-22-20-25(23-35(30)39)40-37-26-12-4-3-11-24(26)19-21-33(37)36-31-16-7-5-13-27(31)28-14-6-8-17-32(28)38(36)40;1-2-8-16-15(7-1)13-14-21-22-19-11-5-3-9-17(19)18-10-4-6-12-20(18)24(22)25-23(16)21;1-15(2)13-6-4-3-5-11(13)12-8-7-10(16)9-14(12)15;1-3-5-4-2/h3-23H,1-2H3;1-14,25H;3-9H,1-2H3;3-5H2,1-2H3. The third-order valence-corrected chi connectivity index (χ3v) is 19.5. The van der Waals surface area contributed by atoms with Crippen molar-refractivity contribution in [1.82, 2.24) is 9.55 Å². The van der Waals surface area contributed by atoms with Gasteiger partial charge < -0.3 is 9.55 Å². The molecule has 0 fully saturated rings. The first-order valence-electron chi connectivity index (χ1n) is 30.7. The molecule has 2 heterocycles. The summed E-state index contributed by atoms with van der Waals surface area (Å²) in [5, 5.41) is 20.8. The number of aromatic amines is 1. The molecule has 1 N–H and O–H groups in total. The maximum absolute atomic E-state index is 3.76. The molecular weight excluding hydrogens is 1100 g/mol. The molecule has 0 saturated heterocycles. The lowest BCUT2D eigenvalue weighted by molar-refractivity contribution is 0.660. The van der Waals surface area contributed by atoms with E-state index in [0.717, 1.165) is 4.47 Å². The average Bonchev–Trinajstić information content (AvgIpc) is 1.64. The minimum absolute atomic E-state index is 0.0580. The Morgan fingerprint density at radius 1 is 0.326 bits per heavy atom. The van der Waals surface area contributed by atoms with E-state index in [2.05, 4.69) is 322 Å². The van der Waals surface area contributed by atoms with E-state index in [4.69, 9.17) is 0 Å². The van der Waals surface area contributed by atoms with Gasteiger partial charge in [-0.15, -0.1) is 0 Å². The summed E-state index contributed by atoms with van der Waals surface area (Å²) < 4.78 is 3.72. The summed E-state index contributed by atoms with van der Waals surface area (Å²) in [7, 11) is 0. The average molecular weight is 1170 g/mol. The quantitative estimate of drug-likeness (QED) is 0.170. The zero-order chi connectivity index (χ0) is 58.4. The number of aromatic nitrogens is 2. The van der Waals surface area contributed by atoms with E-state index < -0.39 is 0 Å². The second kappa shape index (κ2) is 21.0. The third kappa shape index (κ3) is 8.34. The minimum atomic E-state index is -0.0580. The lowest BCUT2D eigenvalue weighted by Gasteiger charge is -2.22. The first-order valence-corrected chi connectivity index (χ1v) is 31.5. The largest absolute Gasteiger partial charge is 0.353 e. The highest BCUT2D eigenvalue weighted by Gasteiger charge is 2.37. The van der Waals surface area contributed by atoms with Crippen molar-refractivity contribution in [2.75, 3.05) is 0 Å². The normalized spacial score (nSPS) is 13.4. The van der Waals surface area contributed by atoms with Gasteiger partial charge in [0.25, 0.3) is 0 Å². The molecule has 0 spiro atoms. The van der Waals surface area contributed by atoms with Gasteiger partial charge in [0.05, 0.1) is 22.1 Å². The van der Waals surface area contributed by atoms with Crippen LogP contribution in [0.2, 0.25) is 0 Å². The molecule has 3 heteroatoms. The van der Waals surface area contributed by atoms with Crippen LogP contribution in [0.5, 0.6) is 0 Å². The van der Waals surface area contributed by atoms with Crippen molar-refractivity contribution < 1.29 is 0 Å². The van der Waals surface area contributed by atoms with Crippen LogP contribution in [0.1, 0.15) is 83.1 Å². The number of nitrogens with zero attached hydrogens (tertiary/aromatic N) is 1. The molecule has 416 valence electrons. The van der Waals surface area contributed by atoms with Crippen molar-refractivity contribution >= 4 is 124 Å². The summed E-state index contributed by atoms with van der Waals surface area (Å²) in [5.41, 5.74) is 17.4. The smallest absolute Gasteiger partial charge is 0.0626 e. The van der Waals surface area contributed by atoms with Gasteiger partial charge >= 0.3 is 0 Å². The highest BCUT2D eigenvalue weighted by Crippen LogP contribution is 2.52. The summed E-state index contributed by atoms with van der Waals surface area (Å²) in [5.74, 6) is 0. The van der Waals surface area contributed by atoms with E-state index in [1.54, 1.807) is 0 Å². The molecule has 16 aromatic rings. The maximum Gasteiger partial charge on any atom is 0.0626 e. The number of nitrogens with one attached hydrogen (secondary N) is 1. The summed E-state index contributed by atoms with van der Waals surface area (Å²) >= 11 is 3.56. The van der Waals surface area contributed by atoms with E-state index in [-0.39, 0.29) is 10.8 Å². The van der Waals surface area contributed by atoms with Gasteiger partial charge in [0.1, 0.15) is 0 Å². The monoisotopic (exact) mass is 1170 g/mol. The summed E-state index contributed by atoms with van der Waals surface area (Å²) in [6.07, 6.45) is 4.08. The Hall–Kier alpha value is -9.28. The number of fused-ring (bicyclic) bond motifs is 26. The molecule has 2 aliphatic carbocycles. The van der Waals surface area contributed by atoms with Crippen LogP contribution in [0.3, 0.4) is 0 Å². The molecule has 2 aromatic heterocycles. The molecule has 0 radical (unpaired) electrons. The molecule has 0 bridgehead atoms. The van der Waals surface area contributed by atoms with Gasteiger partial charge in [0.2, 0.25) is 0 Å². The Morgan fingerprint density at radius 2 is 0.756 bits per heavy atom. The van der Waals surface area contributed by atoms with Crippen molar-refractivity contribution in [2.24, 2.45) is 0 Å². The Kier molecular flexibility index (Phi) is 13.1. The van der Waals surface area contributed by atoms with Crippen LogP contribution in [0, 0.1) is 0 Å². The highest BCUT2D eigenvalue weighted by atomic mass is 79.9. The number of benzene rings is 14. The van der Waals surface area contributed by atoms with E-state index >= 15 is 0 Å². The number of unbranched alkanes of at least 4 members (excludes halogenated alkanes) is 2. The Labute approximate surface area is 511 Å². The lowest BCUT2D eigenvalue weighted by atomic mass is 9.82. The SMILES string of the molecule is CC1(C)c2ccccc2-c2ccc(-n3c4c5ccccc5ccc4c4c5ccccc5c5ccccc5c43)cc21.CC1(C)c2ccccc2-c2ccc(Br)cc21.CCCCC.c1ccc2c(c1)ccc1c2[nH]c2c3ccccc3c3ccccc3c12. The first kappa shape index (κ1) is 53.4. The van der Waals surface area contributed by atoms with Crippen LogP contribution >= 0.6 is 15.9 Å². The predicted octanol–water partition coefficient (Wildman–Crippen LogP) is 24.3. The van der Waals surface area contributed by atoms with Gasteiger partial charge in [0.15, 0.2) is 0 Å². The van der Waals surface area contributed by atoms with Crippen molar-refractivity contribution in [1.29, 1.82) is 0 Å². The molecule has 0 saturated carbocycles. The van der Waals surface area contributed by atoms with E-state index in [1.165, 1.54) is 178 Å². The van der Waals surface area contributed by atoms with Gasteiger partial charge in [-0.25, -0.2) is 0 Å². The summed E-state index contributed by atoms with van der Waals surface area (Å²) in [4.78, 5) is 3.76. The number of hydrogen-bond acceptors (Lipinski definition) is 0. The topological polar surface area (TPSA) is 20.7 Å². The molecule has 14 aromatic carbocycles. The molecule has 2 aliphatic rings. The summed E-state index contributed by atoms with van der Waals surface area (Å²) in [6.45, 7) is 13.7. The van der Waals surface area contributed by atoms with Gasteiger partial charge in [-0.05, 0) is 112 Å². The van der Waals surface area contributed by atoms with Crippen molar-refractivity contribution in [3.8, 4) is 27.9 Å². The Morgan fingerprint density at radius 3 is 1.35 bits per heavy atom. The first-order chi connectivity index (χ1) is 42.1. The maximum atomic E-state index is 3.76. The van der Waals surface area contributed by atoms with E-state index in [0.29, 0.717) is 0 Å². The van der Waals surface area contributed by atoms with Crippen molar-refractivity contribution in [2.45, 2.75) is 71.6 Å². The number of H-pyrrole nitrogens is 1. The van der Waals surface area contributed by atoms with Crippen LogP contribution in [0.15, 0.2) is 259 Å². The fraction of sp³-hybridized carbons (Fsp3) is 0.133. The van der Waals surface area contributed by atoms with Crippen molar-refractivity contribution in [3.05, 3.63) is 282 Å². The second-order valence-corrected chi connectivity index (χ2v) is 25.5. The number of halogens is 1. The van der Waals surface area contributed by atoms with E-state index in [9.17, 15) is 0 Å². The zero-order valence-corrected chi connectivity index (χ0v) is 51.3. The van der Waals surface area contributed by atoms with Crippen molar-refractivity contribution in [3.63, 3.8) is 0 Å². The van der Waals surface area contributed by atoms with Gasteiger partial charge in [0, 0.05) is 64.1 Å². The third-order valence-electron chi connectivity index (χ3n) is 19.0. The lowest BCUT2D eigenvalue weighted by Crippen LogP contribution is -2.15. The van der Waals surface area contributed by atoms with Gasteiger partial charge in [-0.2, -0.15) is 0 Å². The van der Waals surface area contributed by atoms with Crippen LogP contribution < -0.4 is 0 Å². The van der Waals surface area contributed by atoms with Gasteiger partial charge in [-0.1, -0.05) is 307 Å². The highest BCUT2D eigenvalue weighted by molar-refractivity contribution is 9.10. The fourth-order valence-electron chi connectivity index (χ4n) is 14.8. The second-order valence-electron chi connectivity index (χ2n) is 24.6. The molecule has 2 nitrogen and oxygen atoms in total. The van der Waals surface area contributed by atoms with Crippen LogP contribution in [-0.4, -0.2) is 9.55 Å². The molecule has 0 aliphatic heterocycles. The zero-order valence-electron chi connectivity index (χ0n) is 49.7. The molecule has 0 atom stereocenters. The van der Waals surface area contributed by atoms with Crippen LogP contribution in [0.25, 0.3) is 136 Å². The molecule has 18 rings (SSSR count). The predicted molar refractivity (Wildman–Crippen MR) is 376 cm³/mol. The molecular formula is C83H67BrN2. The van der Waals surface area contributed by atoms with Crippen LogP contribution in [-0.2, 0) is 10.8 Å². The number of rotatable bonds is 3. The number of hydrogen-bond donors (Lipinski definition) is 1.